The molecule has 8 rings (SSSR count). The highest BCUT2D eigenvalue weighted by atomic mass is 35.5. The zero-order valence-corrected chi connectivity index (χ0v) is 29.5. The molecule has 6 atom stereocenters. The van der Waals surface area contributed by atoms with E-state index in [4.69, 9.17) is 27.9 Å². The molecule has 2 heterocycles. The van der Waals surface area contributed by atoms with Crippen molar-refractivity contribution in [2.24, 2.45) is 23.7 Å². The number of hydrogen-bond donors (Lipinski definition) is 3. The summed E-state index contributed by atoms with van der Waals surface area (Å²) in [5.41, 5.74) is 3.45. The Labute approximate surface area is 313 Å². The summed E-state index contributed by atoms with van der Waals surface area (Å²) in [5, 5.41) is 21.9. The van der Waals surface area contributed by atoms with Crippen LogP contribution in [0, 0.1) is 23.7 Å². The zero-order valence-electron chi connectivity index (χ0n) is 28.0. The molecule has 0 bridgehead atoms. The van der Waals surface area contributed by atoms with Gasteiger partial charge in [0.1, 0.15) is 11.5 Å². The predicted molar refractivity (Wildman–Crippen MR) is 195 cm³/mol. The average Bonchev–Trinajstić information content (AvgIpc) is 3.53. The number of aromatic carboxylic acids is 1. The van der Waals surface area contributed by atoms with Gasteiger partial charge in [-0.15, -0.1) is 0 Å². The van der Waals surface area contributed by atoms with Crippen molar-refractivity contribution < 1.29 is 38.9 Å². The number of carboxylic acid groups (broad SMARTS) is 1. The van der Waals surface area contributed by atoms with Crippen LogP contribution in [0.5, 0.6) is 11.5 Å². The number of anilines is 2. The second-order valence-corrected chi connectivity index (χ2v) is 14.5. The number of rotatable bonds is 7. The van der Waals surface area contributed by atoms with Crippen LogP contribution in [-0.4, -0.2) is 51.9 Å². The van der Waals surface area contributed by atoms with E-state index in [2.05, 4.69) is 5.43 Å². The van der Waals surface area contributed by atoms with E-state index < -0.39 is 64.6 Å². The number of phenols is 1. The second-order valence-electron chi connectivity index (χ2n) is 13.7. The number of carbonyl (C=O) groups is 5. The van der Waals surface area contributed by atoms with Gasteiger partial charge in [0.15, 0.2) is 0 Å². The van der Waals surface area contributed by atoms with Crippen molar-refractivity contribution in [3.8, 4) is 11.5 Å². The normalized spacial score (nSPS) is 26.2. The number of hydrogen-bond acceptors (Lipinski definition) is 8. The lowest BCUT2D eigenvalue weighted by Crippen LogP contribution is -2.53. The molecule has 0 unspecified atom stereocenters. The third-order valence-corrected chi connectivity index (χ3v) is 11.7. The lowest BCUT2D eigenvalue weighted by molar-refractivity contribution is -0.138. The van der Waals surface area contributed by atoms with Crippen LogP contribution in [0.4, 0.5) is 11.4 Å². The number of phenolic OH excluding ortho intramolecular Hbond substituents is 1. The number of carboxylic acids is 1. The van der Waals surface area contributed by atoms with Gasteiger partial charge in [-0.25, -0.2) is 4.79 Å². The number of imide groups is 2. The van der Waals surface area contributed by atoms with Crippen molar-refractivity contribution in [1.29, 1.82) is 0 Å². The Morgan fingerprint density at radius 1 is 0.887 bits per heavy atom. The van der Waals surface area contributed by atoms with E-state index in [-0.39, 0.29) is 40.6 Å². The first-order valence-electron chi connectivity index (χ1n) is 16.9. The zero-order chi connectivity index (χ0) is 37.3. The Hall–Kier alpha value is -5.65. The van der Waals surface area contributed by atoms with E-state index in [1.54, 1.807) is 54.6 Å². The minimum absolute atomic E-state index is 0.0352. The smallest absolute Gasteiger partial charge is 0.335 e. The van der Waals surface area contributed by atoms with Gasteiger partial charge in [-0.05, 0) is 90.6 Å². The van der Waals surface area contributed by atoms with Crippen LogP contribution in [0.1, 0.15) is 40.2 Å². The number of carbonyl (C=O) groups excluding carboxylic acids is 4. The Balaban J connectivity index is 1.31. The largest absolute Gasteiger partial charge is 0.508 e. The third-order valence-electron chi connectivity index (χ3n) is 11.1. The minimum Gasteiger partial charge on any atom is -0.508 e. The molecule has 4 aliphatic rings. The van der Waals surface area contributed by atoms with Gasteiger partial charge in [0.2, 0.25) is 11.8 Å². The number of allylic oxidation sites excluding steroid dienone is 2. The summed E-state index contributed by atoms with van der Waals surface area (Å²) < 4.78 is 5.43. The lowest BCUT2D eigenvalue weighted by Gasteiger charge is -2.50. The van der Waals surface area contributed by atoms with E-state index in [1.165, 1.54) is 43.5 Å². The Bertz CT molecular complexity index is 2280. The molecule has 0 spiro atoms. The van der Waals surface area contributed by atoms with Crippen LogP contribution in [0.25, 0.3) is 0 Å². The predicted octanol–water partition coefficient (Wildman–Crippen LogP) is 6.60. The average molecular weight is 753 g/mol. The second kappa shape index (κ2) is 12.8. The molecular formula is C40H31Cl2N3O8. The summed E-state index contributed by atoms with van der Waals surface area (Å²) >= 11 is 12.7. The van der Waals surface area contributed by atoms with Crippen LogP contribution >= 0.6 is 23.2 Å². The molecule has 11 nitrogen and oxygen atoms in total. The molecule has 2 aliphatic heterocycles. The van der Waals surface area contributed by atoms with Crippen molar-refractivity contribution in [2.45, 2.75) is 24.2 Å². The van der Waals surface area contributed by atoms with Gasteiger partial charge in [-0.1, -0.05) is 65.2 Å². The molecule has 4 amide bonds. The van der Waals surface area contributed by atoms with Crippen LogP contribution in [-0.2, 0) is 24.6 Å². The molecule has 1 saturated carbocycles. The minimum atomic E-state index is -1.58. The van der Waals surface area contributed by atoms with E-state index in [9.17, 15) is 29.4 Å². The molecule has 0 radical (unpaired) electrons. The standard InChI is InChI=1S/C40H31Cl2N3O8/c1-53-26-11-8-22(9-12-26)40-30(36(48)45(39(40)52)43-32-15-10-23(41)18-31(32)42)19-29-27(34(40)20-4-3-7-25(46)17-20)13-14-28-33(29)37(49)44(35(28)47)24-6-2-5-21(16-24)38(50)51/h2-13,15-18,28-30,33-34,43,46H,14,19H2,1H3,(H,50,51)/t28-,29+,30-,33-,34-,40+/m0/s1. The molecule has 268 valence electrons. The summed E-state index contributed by atoms with van der Waals surface area (Å²) in [6.45, 7) is 0. The van der Waals surface area contributed by atoms with Crippen LogP contribution in [0.3, 0.4) is 0 Å². The number of hydrazine groups is 1. The first-order chi connectivity index (χ1) is 25.4. The van der Waals surface area contributed by atoms with Crippen molar-refractivity contribution in [3.63, 3.8) is 0 Å². The maximum Gasteiger partial charge on any atom is 0.335 e. The summed E-state index contributed by atoms with van der Waals surface area (Å²) in [6, 6.07) is 23.7. The highest BCUT2D eigenvalue weighted by molar-refractivity contribution is 6.36. The lowest BCUT2D eigenvalue weighted by atomic mass is 9.49. The highest BCUT2D eigenvalue weighted by Gasteiger charge is 2.70. The first kappa shape index (κ1) is 34.4. The SMILES string of the molecule is COc1ccc([C@@]23C(=O)N(Nc4ccc(Cl)cc4Cl)C(=O)[C@@H]2C[C@@H]2C(=CC[C@@H]4C(=O)N(c5cccc(C(=O)O)c5)C(=O)[C@@H]42)[C@@H]3c2cccc(O)c2)cc1. The topological polar surface area (TPSA) is 154 Å². The highest BCUT2D eigenvalue weighted by Crippen LogP contribution is 2.64. The summed E-state index contributed by atoms with van der Waals surface area (Å²) in [6.07, 6.45) is 2.10. The van der Waals surface area contributed by atoms with E-state index in [1.807, 2.05) is 6.08 Å². The number of aromatic hydroxyl groups is 1. The van der Waals surface area contributed by atoms with Gasteiger partial charge in [0.25, 0.3) is 11.8 Å². The number of nitrogens with zero attached hydrogens (tertiary/aromatic N) is 2. The van der Waals surface area contributed by atoms with Gasteiger partial charge in [-0.2, -0.15) is 5.01 Å². The molecule has 2 saturated heterocycles. The molecule has 4 aromatic rings. The van der Waals surface area contributed by atoms with E-state index >= 15 is 4.79 Å². The fraction of sp³-hybridized carbons (Fsp3) is 0.225. The van der Waals surface area contributed by atoms with Gasteiger partial charge in [0.05, 0.1) is 52.2 Å². The maximum absolute atomic E-state index is 15.3. The van der Waals surface area contributed by atoms with Crippen LogP contribution in [0.15, 0.2) is 103 Å². The number of ether oxygens (including phenoxy) is 1. The number of fused-ring (bicyclic) bond motifs is 4. The van der Waals surface area contributed by atoms with Crippen molar-refractivity contribution in [3.05, 3.63) is 129 Å². The molecular weight excluding hydrogens is 721 g/mol. The number of halogens is 2. The molecule has 2 aliphatic carbocycles. The van der Waals surface area contributed by atoms with Crippen LogP contribution in [0.2, 0.25) is 10.0 Å². The number of benzene rings is 4. The van der Waals surface area contributed by atoms with Crippen LogP contribution < -0.4 is 15.1 Å². The Morgan fingerprint density at radius 2 is 1.64 bits per heavy atom. The molecule has 4 aromatic carbocycles. The summed E-state index contributed by atoms with van der Waals surface area (Å²) in [5.74, 6) is -7.11. The molecule has 0 aromatic heterocycles. The van der Waals surface area contributed by atoms with Gasteiger partial charge in [-0.3, -0.25) is 29.5 Å². The van der Waals surface area contributed by atoms with Gasteiger partial charge < -0.3 is 14.9 Å². The van der Waals surface area contributed by atoms with Crippen molar-refractivity contribution in [1.82, 2.24) is 5.01 Å². The molecule has 53 heavy (non-hydrogen) atoms. The van der Waals surface area contributed by atoms with Gasteiger partial charge in [0, 0.05) is 10.9 Å². The molecule has 3 fully saturated rings. The van der Waals surface area contributed by atoms with E-state index in [0.29, 0.717) is 27.5 Å². The monoisotopic (exact) mass is 751 g/mol. The molecule has 3 N–H and O–H groups in total. The fourth-order valence-corrected chi connectivity index (χ4v) is 9.41. The Morgan fingerprint density at radius 3 is 2.34 bits per heavy atom. The number of methoxy groups -OCH3 is 1. The summed E-state index contributed by atoms with van der Waals surface area (Å²) in [4.78, 5) is 71.5. The number of nitrogens with one attached hydrogen (secondary N) is 1. The maximum atomic E-state index is 15.3. The first-order valence-corrected chi connectivity index (χ1v) is 17.7. The quantitative estimate of drug-likeness (QED) is 0.140. The van der Waals surface area contributed by atoms with Crippen molar-refractivity contribution in [2.75, 3.05) is 17.4 Å². The Kier molecular flexibility index (Phi) is 8.31. The van der Waals surface area contributed by atoms with Crippen molar-refractivity contribution >= 4 is 64.2 Å². The summed E-state index contributed by atoms with van der Waals surface area (Å²) in [7, 11) is 1.52. The van der Waals surface area contributed by atoms with Gasteiger partial charge >= 0.3 is 5.97 Å². The van der Waals surface area contributed by atoms with E-state index in [0.717, 1.165) is 9.91 Å². The fourth-order valence-electron chi connectivity index (χ4n) is 8.96. The molecule has 13 heteroatoms. The third kappa shape index (κ3) is 5.20. The number of amides is 4.